The first-order chi connectivity index (χ1) is 7.95. The number of aliphatic carboxylic acids is 1. The summed E-state index contributed by atoms with van der Waals surface area (Å²) in [4.78, 5) is 35.0. The number of hydrogen-bond acceptors (Lipinski definition) is 4. The Bertz CT molecular complexity index is 328. The lowest BCUT2D eigenvalue weighted by Gasteiger charge is -2.19. The Morgan fingerprint density at radius 1 is 1.29 bits per heavy atom. The largest absolute Gasteiger partial charge is 0.481 e. The van der Waals surface area contributed by atoms with Crippen LogP contribution in [0.5, 0.6) is 0 Å². The van der Waals surface area contributed by atoms with Crippen LogP contribution in [0.3, 0.4) is 0 Å². The van der Waals surface area contributed by atoms with Crippen LogP contribution < -0.4 is 0 Å². The van der Waals surface area contributed by atoms with E-state index < -0.39 is 17.9 Å². The Balaban J connectivity index is 2.48. The molecular weight excluding hydrogens is 226 g/mol. The fourth-order valence-corrected chi connectivity index (χ4v) is 2.08. The Morgan fingerprint density at radius 3 is 2.35 bits per heavy atom. The van der Waals surface area contributed by atoms with Gasteiger partial charge in [0.25, 0.3) is 0 Å². The van der Waals surface area contributed by atoms with Crippen molar-refractivity contribution >= 4 is 17.8 Å². The highest BCUT2D eigenvalue weighted by molar-refractivity contribution is 5.84. The first-order valence-corrected chi connectivity index (χ1v) is 5.50. The number of nitrogens with zero attached hydrogens (tertiary/aromatic N) is 1. The lowest BCUT2D eigenvalue weighted by Crippen LogP contribution is -2.36. The van der Waals surface area contributed by atoms with Gasteiger partial charge in [-0.15, -0.1) is 0 Å². The number of esters is 1. The van der Waals surface area contributed by atoms with Gasteiger partial charge in [0.15, 0.2) is 0 Å². The second-order valence-electron chi connectivity index (χ2n) is 4.32. The fraction of sp³-hybridized carbons (Fsp3) is 0.727. The highest BCUT2D eigenvalue weighted by atomic mass is 16.5. The van der Waals surface area contributed by atoms with Crippen LogP contribution in [0.4, 0.5) is 0 Å². The molecule has 1 amide bonds. The van der Waals surface area contributed by atoms with Gasteiger partial charge in [-0.25, -0.2) is 0 Å². The summed E-state index contributed by atoms with van der Waals surface area (Å²) in [5, 5.41) is 8.84. The van der Waals surface area contributed by atoms with Crippen LogP contribution in [0, 0.1) is 11.8 Å². The number of amides is 1. The average molecular weight is 243 g/mol. The van der Waals surface area contributed by atoms with E-state index in [9.17, 15) is 14.4 Å². The van der Waals surface area contributed by atoms with Crippen molar-refractivity contribution in [1.82, 2.24) is 4.90 Å². The topological polar surface area (TPSA) is 83.9 Å². The molecule has 96 valence electrons. The van der Waals surface area contributed by atoms with Gasteiger partial charge < -0.3 is 14.7 Å². The number of rotatable bonds is 4. The van der Waals surface area contributed by atoms with Crippen LogP contribution in [0.15, 0.2) is 0 Å². The van der Waals surface area contributed by atoms with E-state index in [0.29, 0.717) is 19.3 Å². The van der Waals surface area contributed by atoms with Crippen molar-refractivity contribution in [3.05, 3.63) is 0 Å². The van der Waals surface area contributed by atoms with Crippen LogP contribution in [0.1, 0.15) is 19.3 Å². The zero-order chi connectivity index (χ0) is 13.0. The molecule has 1 rings (SSSR count). The molecule has 1 aliphatic rings. The van der Waals surface area contributed by atoms with E-state index in [1.807, 2.05) is 0 Å². The van der Waals surface area contributed by atoms with Crippen molar-refractivity contribution in [3.8, 4) is 0 Å². The molecule has 1 N–H and O–H groups in total. The molecule has 0 saturated heterocycles. The normalized spacial score (nSPS) is 23.2. The van der Waals surface area contributed by atoms with Crippen molar-refractivity contribution < 1.29 is 24.2 Å². The summed E-state index contributed by atoms with van der Waals surface area (Å²) < 4.78 is 4.47. The third-order valence-electron chi connectivity index (χ3n) is 3.10. The van der Waals surface area contributed by atoms with Gasteiger partial charge in [0.2, 0.25) is 5.91 Å². The van der Waals surface area contributed by atoms with E-state index in [4.69, 9.17) is 5.11 Å². The summed E-state index contributed by atoms with van der Waals surface area (Å²) in [5.74, 6) is -2.23. The summed E-state index contributed by atoms with van der Waals surface area (Å²) in [5.41, 5.74) is 0. The number of carbonyl (C=O) groups excluding carboxylic acids is 2. The maximum absolute atomic E-state index is 11.9. The first-order valence-electron chi connectivity index (χ1n) is 5.50. The van der Waals surface area contributed by atoms with Crippen LogP contribution in [-0.2, 0) is 19.1 Å². The molecule has 1 fully saturated rings. The molecule has 0 spiro atoms. The number of likely N-dealkylation sites (N-methyl/N-ethyl adjacent to an activating group) is 1. The highest BCUT2D eigenvalue weighted by Gasteiger charge is 2.35. The number of carboxylic acid groups (broad SMARTS) is 1. The zero-order valence-corrected chi connectivity index (χ0v) is 10.0. The predicted molar refractivity (Wildman–Crippen MR) is 58.1 cm³/mol. The number of carbonyl (C=O) groups is 3. The van der Waals surface area contributed by atoms with E-state index >= 15 is 0 Å². The number of ether oxygens (including phenoxy) is 1. The molecule has 0 aromatic rings. The van der Waals surface area contributed by atoms with Gasteiger partial charge in [-0.2, -0.15) is 0 Å². The third kappa shape index (κ3) is 3.44. The maximum atomic E-state index is 11.9. The van der Waals surface area contributed by atoms with Gasteiger partial charge >= 0.3 is 11.9 Å². The molecule has 17 heavy (non-hydrogen) atoms. The molecule has 6 nitrogen and oxygen atoms in total. The molecule has 0 aromatic heterocycles. The van der Waals surface area contributed by atoms with Crippen molar-refractivity contribution in [1.29, 1.82) is 0 Å². The summed E-state index contributed by atoms with van der Waals surface area (Å²) in [6, 6.07) is 0. The van der Waals surface area contributed by atoms with E-state index in [0.717, 1.165) is 0 Å². The third-order valence-corrected chi connectivity index (χ3v) is 3.10. The van der Waals surface area contributed by atoms with Crippen molar-refractivity contribution in [3.63, 3.8) is 0 Å². The fourth-order valence-electron chi connectivity index (χ4n) is 2.08. The SMILES string of the molecule is COC(=O)CN(C)C(=O)C1CCC(C(=O)O)C1. The van der Waals surface area contributed by atoms with Gasteiger partial charge in [-0.05, 0) is 19.3 Å². The quantitative estimate of drug-likeness (QED) is 0.709. The highest BCUT2D eigenvalue weighted by Crippen LogP contribution is 2.32. The Hall–Kier alpha value is -1.59. The lowest BCUT2D eigenvalue weighted by atomic mass is 10.0. The average Bonchev–Trinajstić information content (AvgIpc) is 2.77. The Kier molecular flexibility index (Phi) is 4.48. The van der Waals surface area contributed by atoms with E-state index in [1.54, 1.807) is 0 Å². The van der Waals surface area contributed by atoms with E-state index in [2.05, 4.69) is 4.74 Å². The molecule has 1 saturated carbocycles. The predicted octanol–water partition coefficient (Wildman–Crippen LogP) is 0.119. The number of carboxylic acids is 1. The smallest absolute Gasteiger partial charge is 0.325 e. The molecule has 1 aliphatic carbocycles. The van der Waals surface area contributed by atoms with Crippen LogP contribution >= 0.6 is 0 Å². The van der Waals surface area contributed by atoms with Crippen molar-refractivity contribution in [2.24, 2.45) is 11.8 Å². The van der Waals surface area contributed by atoms with Gasteiger partial charge in [0.1, 0.15) is 6.54 Å². The van der Waals surface area contributed by atoms with E-state index in [-0.39, 0.29) is 18.4 Å². The molecule has 0 radical (unpaired) electrons. The maximum Gasteiger partial charge on any atom is 0.325 e. The Labute approximate surface area is 99.5 Å². The summed E-state index contributed by atoms with van der Waals surface area (Å²) in [6.45, 7) is -0.0937. The second-order valence-corrected chi connectivity index (χ2v) is 4.32. The van der Waals surface area contributed by atoms with E-state index in [1.165, 1.54) is 19.1 Å². The van der Waals surface area contributed by atoms with Crippen LogP contribution in [0.2, 0.25) is 0 Å². The van der Waals surface area contributed by atoms with Crippen molar-refractivity contribution in [2.75, 3.05) is 20.7 Å². The minimum Gasteiger partial charge on any atom is -0.481 e. The molecule has 2 atom stereocenters. The molecule has 0 aliphatic heterocycles. The van der Waals surface area contributed by atoms with Crippen molar-refractivity contribution in [2.45, 2.75) is 19.3 Å². The van der Waals surface area contributed by atoms with Crippen LogP contribution in [-0.4, -0.2) is 48.6 Å². The van der Waals surface area contributed by atoms with Crippen LogP contribution in [0.25, 0.3) is 0 Å². The molecule has 0 heterocycles. The second kappa shape index (κ2) is 5.65. The standard InChI is InChI=1S/C11H17NO5/c1-12(6-9(13)17-2)10(14)7-3-4-8(5-7)11(15)16/h7-8H,3-6H2,1-2H3,(H,15,16). The minimum absolute atomic E-state index is 0.0937. The first kappa shape index (κ1) is 13.5. The van der Waals surface area contributed by atoms with Gasteiger partial charge in [-0.1, -0.05) is 0 Å². The lowest BCUT2D eigenvalue weighted by molar-refractivity contribution is -0.147. The summed E-state index contributed by atoms with van der Waals surface area (Å²) in [6.07, 6.45) is 1.46. The molecule has 0 aromatic carbocycles. The summed E-state index contributed by atoms with van der Waals surface area (Å²) in [7, 11) is 2.78. The van der Waals surface area contributed by atoms with Gasteiger partial charge in [0, 0.05) is 13.0 Å². The zero-order valence-electron chi connectivity index (χ0n) is 10.0. The minimum atomic E-state index is -0.851. The summed E-state index contributed by atoms with van der Waals surface area (Å²) >= 11 is 0. The number of methoxy groups -OCH3 is 1. The van der Waals surface area contributed by atoms with Gasteiger partial charge in [0.05, 0.1) is 13.0 Å². The molecule has 2 unspecified atom stereocenters. The molecular formula is C11H17NO5. The monoisotopic (exact) mass is 243 g/mol. The Morgan fingerprint density at radius 2 is 1.88 bits per heavy atom. The molecule has 6 heteroatoms. The number of hydrogen-bond donors (Lipinski definition) is 1. The molecule has 0 bridgehead atoms. The van der Waals surface area contributed by atoms with Gasteiger partial charge in [-0.3, -0.25) is 14.4 Å².